The van der Waals surface area contributed by atoms with Gasteiger partial charge in [0, 0.05) is 43.7 Å². The third kappa shape index (κ3) is 5.94. The van der Waals surface area contributed by atoms with Gasteiger partial charge >= 0.3 is 0 Å². The number of hydrogen-bond acceptors (Lipinski definition) is 9. The van der Waals surface area contributed by atoms with Crippen LogP contribution in [0.5, 0.6) is 17.4 Å². The first-order valence-corrected chi connectivity index (χ1v) is 13.8. The number of anilines is 2. The van der Waals surface area contributed by atoms with Crippen molar-refractivity contribution in [2.75, 3.05) is 44.4 Å². The Hall–Kier alpha value is -4.75. The van der Waals surface area contributed by atoms with Crippen LogP contribution in [0.15, 0.2) is 60.9 Å². The van der Waals surface area contributed by atoms with E-state index in [2.05, 4.69) is 19.9 Å². The van der Waals surface area contributed by atoms with Crippen LogP contribution in [0, 0.1) is 17.0 Å². The molecule has 222 valence electrons. The molecular weight excluding hydrogens is 562 g/mol. The van der Waals surface area contributed by atoms with Crippen molar-refractivity contribution in [1.82, 2.24) is 19.9 Å². The molecule has 11 nitrogen and oxygen atoms in total. The first kappa shape index (κ1) is 28.4. The minimum absolute atomic E-state index is 0.115. The summed E-state index contributed by atoms with van der Waals surface area (Å²) in [5.41, 5.74) is 5.07. The zero-order valence-electron chi connectivity index (χ0n) is 23.0. The Kier molecular flexibility index (Phi) is 7.82. The molecule has 1 saturated heterocycles. The number of primary amides is 1. The lowest BCUT2D eigenvalue weighted by molar-refractivity contribution is -0.133. The number of nitrogens with zero attached hydrogens (tertiary/aromatic N) is 5. The van der Waals surface area contributed by atoms with E-state index in [0.717, 1.165) is 24.1 Å². The molecule has 2 aliphatic rings. The fraction of sp³-hybridized carbons (Fsp3) is 0.300. The molecule has 2 fully saturated rings. The Morgan fingerprint density at radius 1 is 1.00 bits per heavy atom. The SMILES string of the molecule is NC(=O)C1(C(=O)N(c2ccc(F)cc2)c2ccc(Oc3ccnc4ncc(OCCN5CCOCC5)nc34)c(F)c2)CC1. The van der Waals surface area contributed by atoms with Crippen LogP contribution < -0.4 is 20.1 Å². The molecule has 0 unspecified atom stereocenters. The largest absolute Gasteiger partial charge is 0.475 e. The monoisotopic (exact) mass is 590 g/mol. The van der Waals surface area contributed by atoms with E-state index < -0.39 is 28.9 Å². The topological polar surface area (TPSA) is 133 Å². The number of aromatic nitrogens is 3. The average Bonchev–Trinajstić information content (AvgIpc) is 3.83. The van der Waals surface area contributed by atoms with E-state index in [9.17, 15) is 14.0 Å². The lowest BCUT2D eigenvalue weighted by atomic mass is 10.0. The maximum Gasteiger partial charge on any atom is 0.247 e. The van der Waals surface area contributed by atoms with Crippen molar-refractivity contribution in [2.24, 2.45) is 11.1 Å². The maximum absolute atomic E-state index is 15.5. The lowest BCUT2D eigenvalue weighted by Crippen LogP contribution is -2.41. The van der Waals surface area contributed by atoms with Gasteiger partial charge in [-0.1, -0.05) is 0 Å². The number of benzene rings is 2. The van der Waals surface area contributed by atoms with Crippen LogP contribution in [0.2, 0.25) is 0 Å². The average molecular weight is 591 g/mol. The van der Waals surface area contributed by atoms with Crippen molar-refractivity contribution in [3.63, 3.8) is 0 Å². The Morgan fingerprint density at radius 3 is 2.44 bits per heavy atom. The summed E-state index contributed by atoms with van der Waals surface area (Å²) in [5.74, 6) is -2.38. The highest BCUT2D eigenvalue weighted by atomic mass is 19.1. The summed E-state index contributed by atoms with van der Waals surface area (Å²) >= 11 is 0. The van der Waals surface area contributed by atoms with Gasteiger partial charge < -0.3 is 19.9 Å². The maximum atomic E-state index is 15.5. The number of carbonyl (C=O) groups is 2. The van der Waals surface area contributed by atoms with Crippen molar-refractivity contribution in [3.05, 3.63) is 72.6 Å². The van der Waals surface area contributed by atoms with Crippen LogP contribution in [0.1, 0.15) is 12.8 Å². The number of rotatable bonds is 10. The number of halogens is 2. The fourth-order valence-corrected chi connectivity index (χ4v) is 4.85. The molecule has 2 N–H and O–H groups in total. The van der Waals surface area contributed by atoms with Crippen molar-refractivity contribution < 1.29 is 32.6 Å². The van der Waals surface area contributed by atoms with Gasteiger partial charge in [0.05, 0.1) is 25.1 Å². The molecule has 0 bridgehead atoms. The van der Waals surface area contributed by atoms with Gasteiger partial charge in [0.25, 0.3) is 0 Å². The lowest BCUT2D eigenvalue weighted by Gasteiger charge is -2.26. The number of nitrogens with two attached hydrogens (primary N) is 1. The zero-order chi connectivity index (χ0) is 30.0. The summed E-state index contributed by atoms with van der Waals surface area (Å²) in [4.78, 5) is 42.0. The van der Waals surface area contributed by atoms with Crippen LogP contribution in [-0.2, 0) is 14.3 Å². The van der Waals surface area contributed by atoms with Crippen LogP contribution in [-0.4, -0.2) is 71.1 Å². The van der Waals surface area contributed by atoms with Gasteiger partial charge in [-0.3, -0.25) is 19.4 Å². The summed E-state index contributed by atoms with van der Waals surface area (Å²) in [6.07, 6.45) is 3.48. The van der Waals surface area contributed by atoms with Crippen LogP contribution >= 0.6 is 0 Å². The van der Waals surface area contributed by atoms with E-state index in [1.54, 1.807) is 0 Å². The number of amides is 2. The van der Waals surface area contributed by atoms with E-state index >= 15 is 4.39 Å². The second-order valence-electron chi connectivity index (χ2n) is 10.3. The molecular formula is C30H28F2N6O5. The fourth-order valence-electron chi connectivity index (χ4n) is 4.85. The molecule has 2 aromatic carbocycles. The molecule has 6 rings (SSSR count). The summed E-state index contributed by atoms with van der Waals surface area (Å²) in [6.45, 7) is 4.15. The molecule has 0 radical (unpaired) electrons. The number of pyridine rings is 1. The third-order valence-electron chi connectivity index (χ3n) is 7.46. The van der Waals surface area contributed by atoms with Gasteiger partial charge in [-0.2, -0.15) is 0 Å². The van der Waals surface area contributed by atoms with Gasteiger partial charge in [-0.15, -0.1) is 0 Å². The first-order valence-electron chi connectivity index (χ1n) is 13.8. The number of hydrogen-bond donors (Lipinski definition) is 1. The van der Waals surface area contributed by atoms with E-state index in [4.69, 9.17) is 19.9 Å². The Labute approximate surface area is 245 Å². The number of ether oxygens (including phenoxy) is 3. The van der Waals surface area contributed by atoms with Gasteiger partial charge in [-0.25, -0.2) is 23.7 Å². The quantitative estimate of drug-likeness (QED) is 0.274. The molecule has 0 atom stereocenters. The van der Waals surface area contributed by atoms with Crippen molar-refractivity contribution in [1.29, 1.82) is 0 Å². The molecule has 3 heterocycles. The van der Waals surface area contributed by atoms with Gasteiger partial charge in [0.2, 0.25) is 17.7 Å². The number of fused-ring (bicyclic) bond motifs is 1. The standard InChI is InChI=1S/C30H28F2N6O5/c31-19-1-3-20(4-2-19)38(29(40)30(8-9-30)28(33)39)21-5-6-23(22(32)17-21)43-24-7-10-34-27-26(24)36-25(18-35-27)42-16-13-37-11-14-41-15-12-37/h1-7,10,17-18H,8-9,11-16H2,(H2,33,39). The molecule has 4 aromatic rings. The second kappa shape index (κ2) is 11.9. The Balaban J connectivity index is 1.24. The predicted octanol–water partition coefficient (Wildman–Crippen LogP) is 3.74. The predicted molar refractivity (Wildman–Crippen MR) is 151 cm³/mol. The van der Waals surface area contributed by atoms with E-state index in [0.29, 0.717) is 26.4 Å². The number of morpholine rings is 1. The van der Waals surface area contributed by atoms with Gasteiger partial charge in [-0.05, 0) is 49.2 Å². The van der Waals surface area contributed by atoms with E-state index in [1.807, 2.05) is 0 Å². The normalized spacial score (nSPS) is 16.0. The summed E-state index contributed by atoms with van der Waals surface area (Å²) < 4.78 is 46.2. The van der Waals surface area contributed by atoms with Crippen LogP contribution in [0.25, 0.3) is 11.2 Å². The van der Waals surface area contributed by atoms with Crippen LogP contribution in [0.4, 0.5) is 20.2 Å². The molecule has 1 aliphatic heterocycles. The molecule has 2 amide bonds. The van der Waals surface area contributed by atoms with E-state index in [1.165, 1.54) is 54.9 Å². The van der Waals surface area contributed by atoms with Crippen molar-refractivity contribution in [3.8, 4) is 17.4 Å². The van der Waals surface area contributed by atoms with Gasteiger partial charge in [0.15, 0.2) is 28.5 Å². The molecule has 2 aromatic heterocycles. The highest BCUT2D eigenvalue weighted by Gasteiger charge is 2.57. The summed E-state index contributed by atoms with van der Waals surface area (Å²) in [6, 6.07) is 10.5. The second-order valence-corrected chi connectivity index (χ2v) is 10.3. The summed E-state index contributed by atoms with van der Waals surface area (Å²) in [5, 5.41) is 0. The zero-order valence-corrected chi connectivity index (χ0v) is 23.0. The molecule has 0 spiro atoms. The van der Waals surface area contributed by atoms with Gasteiger partial charge in [0.1, 0.15) is 17.8 Å². The summed E-state index contributed by atoms with van der Waals surface area (Å²) in [7, 11) is 0. The highest BCUT2D eigenvalue weighted by molar-refractivity contribution is 6.16. The highest BCUT2D eigenvalue weighted by Crippen LogP contribution is 2.49. The minimum Gasteiger partial charge on any atom is -0.475 e. The van der Waals surface area contributed by atoms with E-state index in [-0.39, 0.29) is 52.8 Å². The molecule has 1 aliphatic carbocycles. The third-order valence-corrected chi connectivity index (χ3v) is 7.46. The number of carbonyl (C=O) groups excluding carboxylic acids is 2. The van der Waals surface area contributed by atoms with Crippen LogP contribution in [0.3, 0.4) is 0 Å². The smallest absolute Gasteiger partial charge is 0.247 e. The van der Waals surface area contributed by atoms with Crippen molar-refractivity contribution in [2.45, 2.75) is 12.8 Å². The first-order chi connectivity index (χ1) is 20.8. The minimum atomic E-state index is -1.39. The molecule has 43 heavy (non-hydrogen) atoms. The molecule has 1 saturated carbocycles. The molecule has 13 heteroatoms. The Bertz CT molecular complexity index is 1660. The Morgan fingerprint density at radius 2 is 1.74 bits per heavy atom. The van der Waals surface area contributed by atoms with Crippen molar-refractivity contribution >= 4 is 34.4 Å².